The van der Waals surface area contributed by atoms with Gasteiger partial charge < -0.3 is 5.32 Å². The largest absolute Gasteiger partial charge is 0.377 e. The van der Waals surface area contributed by atoms with Crippen molar-refractivity contribution in [1.29, 1.82) is 0 Å². The fraction of sp³-hybridized carbons (Fsp3) is 0.571. The lowest BCUT2D eigenvalue weighted by Gasteiger charge is -2.17. The van der Waals surface area contributed by atoms with Crippen molar-refractivity contribution in [2.45, 2.75) is 13.8 Å². The summed E-state index contributed by atoms with van der Waals surface area (Å²) in [5.41, 5.74) is 1.41. The molecule has 98 valence electrons. The molecule has 10 heteroatoms. The topological polar surface area (TPSA) is 161 Å². The van der Waals surface area contributed by atoms with Crippen molar-refractivity contribution in [1.82, 2.24) is 5.32 Å². The van der Waals surface area contributed by atoms with E-state index in [1.54, 1.807) is 13.8 Å². The van der Waals surface area contributed by atoms with Crippen LogP contribution in [-0.2, 0) is 0 Å². The SMILES string of the molecule is CC1=[NH+]CCNC(C)=C1[N+](=O)[O-].[O-][Cl+3]([O-])([O-])[O-]. The Morgan fingerprint density at radius 2 is 1.76 bits per heavy atom. The number of nitrogens with one attached hydrogen (secondary N) is 2. The van der Waals surface area contributed by atoms with Gasteiger partial charge in [-0.2, -0.15) is 0 Å². The van der Waals surface area contributed by atoms with Gasteiger partial charge in [-0.3, -0.25) is 10.1 Å². The van der Waals surface area contributed by atoms with E-state index >= 15 is 0 Å². The number of nitrogens with zero attached hydrogens (tertiary/aromatic N) is 1. The Labute approximate surface area is 99.0 Å². The summed E-state index contributed by atoms with van der Waals surface area (Å²) < 4.78 is 34.0. The summed E-state index contributed by atoms with van der Waals surface area (Å²) in [6, 6.07) is 0. The molecule has 0 aromatic rings. The van der Waals surface area contributed by atoms with Crippen molar-refractivity contribution in [3.8, 4) is 0 Å². The summed E-state index contributed by atoms with van der Waals surface area (Å²) in [6.07, 6.45) is 0. The Morgan fingerprint density at radius 3 is 2.18 bits per heavy atom. The molecule has 0 bridgehead atoms. The molecule has 0 radical (unpaired) electrons. The molecule has 2 N–H and O–H groups in total. The molecule has 1 heterocycles. The van der Waals surface area contributed by atoms with Crippen LogP contribution in [0.25, 0.3) is 0 Å². The number of rotatable bonds is 1. The third-order valence-electron chi connectivity index (χ3n) is 1.80. The molecule has 0 fully saturated rings. The quantitative estimate of drug-likeness (QED) is 0.353. The van der Waals surface area contributed by atoms with E-state index in [4.69, 9.17) is 18.6 Å². The molecule has 1 rings (SSSR count). The van der Waals surface area contributed by atoms with Crippen molar-refractivity contribution in [2.75, 3.05) is 13.1 Å². The number of hydrogen-bond acceptors (Lipinski definition) is 7. The Morgan fingerprint density at radius 1 is 1.29 bits per heavy atom. The lowest BCUT2D eigenvalue weighted by molar-refractivity contribution is -2.00. The minimum Gasteiger partial charge on any atom is -0.377 e. The molecular formula is C7H12ClN3O6. The van der Waals surface area contributed by atoms with Crippen LogP contribution in [0.15, 0.2) is 11.4 Å². The third-order valence-corrected chi connectivity index (χ3v) is 1.80. The first-order valence-electron chi connectivity index (χ1n) is 4.41. The maximum absolute atomic E-state index is 10.6. The second kappa shape index (κ2) is 6.47. The zero-order chi connectivity index (χ0) is 13.6. The maximum Gasteiger partial charge on any atom is 0.352 e. The van der Waals surface area contributed by atoms with Crippen LogP contribution in [0.2, 0.25) is 0 Å². The van der Waals surface area contributed by atoms with Gasteiger partial charge in [0.15, 0.2) is 6.54 Å². The number of nitro groups is 1. The summed E-state index contributed by atoms with van der Waals surface area (Å²) in [6.45, 7) is 4.88. The van der Waals surface area contributed by atoms with Crippen LogP contribution in [-0.4, -0.2) is 23.7 Å². The summed E-state index contributed by atoms with van der Waals surface area (Å²) in [7, 11) is -4.94. The van der Waals surface area contributed by atoms with E-state index < -0.39 is 10.2 Å². The highest BCUT2D eigenvalue weighted by Gasteiger charge is 2.25. The molecule has 0 saturated heterocycles. The van der Waals surface area contributed by atoms with E-state index in [0.29, 0.717) is 11.4 Å². The predicted octanol–water partition coefficient (Wildman–Crippen LogP) is -6.12. The average molecular weight is 270 g/mol. The van der Waals surface area contributed by atoms with Gasteiger partial charge in [0.25, 0.3) is 5.71 Å². The highest BCUT2D eigenvalue weighted by molar-refractivity contribution is 5.91. The van der Waals surface area contributed by atoms with Crippen molar-refractivity contribution in [2.24, 2.45) is 0 Å². The monoisotopic (exact) mass is 269 g/mol. The molecule has 0 spiro atoms. The Hall–Kier alpha value is -1.26. The van der Waals surface area contributed by atoms with E-state index in [0.717, 1.165) is 13.1 Å². The number of hydrogen-bond donors (Lipinski definition) is 2. The van der Waals surface area contributed by atoms with Gasteiger partial charge in [0.2, 0.25) is 0 Å². The lowest BCUT2D eigenvalue weighted by Crippen LogP contribution is -2.74. The Balaban J connectivity index is 0.000000437. The predicted molar refractivity (Wildman–Crippen MR) is 44.2 cm³/mol. The zero-order valence-electron chi connectivity index (χ0n) is 9.19. The fourth-order valence-corrected chi connectivity index (χ4v) is 1.22. The van der Waals surface area contributed by atoms with E-state index in [-0.39, 0.29) is 10.6 Å². The van der Waals surface area contributed by atoms with Crippen molar-refractivity contribution < 1.29 is 38.8 Å². The molecule has 0 amide bonds. The van der Waals surface area contributed by atoms with Gasteiger partial charge in [0.05, 0.1) is 17.2 Å². The van der Waals surface area contributed by atoms with Crippen molar-refractivity contribution in [3.63, 3.8) is 0 Å². The molecule has 0 atom stereocenters. The molecule has 0 aliphatic carbocycles. The van der Waals surface area contributed by atoms with E-state index in [1.165, 1.54) is 0 Å². The van der Waals surface area contributed by atoms with Crippen LogP contribution >= 0.6 is 0 Å². The van der Waals surface area contributed by atoms with Gasteiger partial charge in [-0.25, -0.2) is 23.6 Å². The Bertz CT molecular complexity index is 342. The van der Waals surface area contributed by atoms with Crippen LogP contribution in [0.5, 0.6) is 0 Å². The van der Waals surface area contributed by atoms with Gasteiger partial charge in [-0.1, -0.05) is 0 Å². The lowest BCUT2D eigenvalue weighted by atomic mass is 10.2. The zero-order valence-corrected chi connectivity index (χ0v) is 9.94. The first kappa shape index (κ1) is 15.7. The first-order valence-corrected chi connectivity index (χ1v) is 5.65. The number of allylic oxidation sites excluding steroid dienone is 2. The molecule has 1 aliphatic heterocycles. The molecule has 0 saturated carbocycles. The fourth-order valence-electron chi connectivity index (χ4n) is 1.22. The second-order valence-electron chi connectivity index (χ2n) is 3.09. The molecule has 1 aliphatic rings. The Kier molecular flexibility index (Phi) is 5.99. The van der Waals surface area contributed by atoms with Crippen LogP contribution in [0.3, 0.4) is 0 Å². The summed E-state index contributed by atoms with van der Waals surface area (Å²) in [5, 5.41) is 13.5. The van der Waals surface area contributed by atoms with Gasteiger partial charge in [0, 0.05) is 6.92 Å². The maximum atomic E-state index is 10.6. The smallest absolute Gasteiger partial charge is 0.352 e. The van der Waals surface area contributed by atoms with Gasteiger partial charge in [-0.05, 0) is 6.92 Å². The minimum absolute atomic E-state index is 0.160. The normalized spacial score (nSPS) is 16.2. The molecule has 0 aromatic carbocycles. The average Bonchev–Trinajstić information content (AvgIpc) is 2.23. The molecule has 0 unspecified atom stereocenters. The molecule has 9 nitrogen and oxygen atoms in total. The van der Waals surface area contributed by atoms with Crippen LogP contribution in [0.1, 0.15) is 13.8 Å². The third kappa shape index (κ3) is 7.60. The molecule has 17 heavy (non-hydrogen) atoms. The van der Waals surface area contributed by atoms with Crippen LogP contribution in [0, 0.1) is 20.4 Å². The minimum atomic E-state index is -4.94. The van der Waals surface area contributed by atoms with Gasteiger partial charge in [-0.15, -0.1) is 10.2 Å². The van der Waals surface area contributed by atoms with Crippen LogP contribution in [0.4, 0.5) is 0 Å². The van der Waals surface area contributed by atoms with Crippen molar-refractivity contribution in [3.05, 3.63) is 21.5 Å². The summed E-state index contributed by atoms with van der Waals surface area (Å²) in [5.74, 6) is 0. The summed E-state index contributed by atoms with van der Waals surface area (Å²) in [4.78, 5) is 13.2. The number of halogens is 1. The highest BCUT2D eigenvalue weighted by Crippen LogP contribution is 2.02. The first-order chi connectivity index (χ1) is 7.63. The van der Waals surface area contributed by atoms with Crippen LogP contribution < -0.4 is 28.9 Å². The molecule has 0 aromatic heterocycles. The van der Waals surface area contributed by atoms with E-state index in [9.17, 15) is 10.1 Å². The summed E-state index contributed by atoms with van der Waals surface area (Å²) >= 11 is 0. The van der Waals surface area contributed by atoms with Gasteiger partial charge >= 0.3 is 5.70 Å². The van der Waals surface area contributed by atoms with E-state index in [2.05, 4.69) is 10.3 Å². The standard InChI is InChI=1S/C7H11N3O2.ClHO4/c1-5-7(10(11)12)6(2)9-4-3-8-5;2-1(3,4)5/h8H,3-4H2,1-2H3;(H,2,3,4,5). The molecular weight excluding hydrogens is 258 g/mol. The van der Waals surface area contributed by atoms with Crippen molar-refractivity contribution >= 4 is 5.71 Å². The van der Waals surface area contributed by atoms with Gasteiger partial charge in [0.1, 0.15) is 0 Å². The van der Waals surface area contributed by atoms with E-state index in [1.807, 2.05) is 0 Å². The second-order valence-corrected chi connectivity index (χ2v) is 3.84. The highest BCUT2D eigenvalue weighted by atomic mass is 35.7.